The van der Waals surface area contributed by atoms with Crippen molar-refractivity contribution in [2.75, 3.05) is 0 Å². The predicted octanol–water partition coefficient (Wildman–Crippen LogP) is 1.91. The van der Waals surface area contributed by atoms with E-state index >= 15 is 0 Å². The third-order valence-corrected chi connectivity index (χ3v) is 1.49. The Morgan fingerprint density at radius 2 is 2.23 bits per heavy atom. The minimum Gasteiger partial charge on any atom is -0.296 e. The van der Waals surface area contributed by atoms with Gasteiger partial charge in [-0.3, -0.25) is 9.48 Å². The molecule has 0 unspecified atom stereocenters. The molecule has 0 aliphatic heterocycles. The van der Waals surface area contributed by atoms with E-state index < -0.39 is 12.7 Å². The molecule has 72 valence electrons. The lowest BCUT2D eigenvalue weighted by Gasteiger charge is -2.04. The van der Waals surface area contributed by atoms with Gasteiger partial charge < -0.3 is 0 Å². The monoisotopic (exact) mass is 212 g/mol. The van der Waals surface area contributed by atoms with Crippen molar-refractivity contribution in [1.82, 2.24) is 9.78 Å². The van der Waals surface area contributed by atoms with E-state index in [2.05, 4.69) is 5.10 Å². The van der Waals surface area contributed by atoms with Gasteiger partial charge in [0.25, 0.3) is 0 Å². The maximum absolute atomic E-state index is 11.8. The van der Waals surface area contributed by atoms with Gasteiger partial charge in [-0.2, -0.15) is 18.3 Å². The molecule has 0 atom stereocenters. The number of hydrogen-bond acceptors (Lipinski definition) is 2. The minimum absolute atomic E-state index is 0.0840. The van der Waals surface area contributed by atoms with E-state index in [0.717, 1.165) is 6.20 Å². The fraction of sp³-hybridized carbons (Fsp3) is 0.333. The lowest BCUT2D eigenvalue weighted by atomic mass is 10.5. The van der Waals surface area contributed by atoms with Crippen molar-refractivity contribution in [1.29, 1.82) is 0 Å². The molecular formula is C6H4ClF3N2O. The van der Waals surface area contributed by atoms with Crippen molar-refractivity contribution in [3.05, 3.63) is 16.9 Å². The quantitative estimate of drug-likeness (QED) is 0.702. The van der Waals surface area contributed by atoms with Gasteiger partial charge in [-0.15, -0.1) is 0 Å². The summed E-state index contributed by atoms with van der Waals surface area (Å²) in [6.45, 7) is -1.25. The summed E-state index contributed by atoms with van der Waals surface area (Å²) in [4.78, 5) is 10.2. The topological polar surface area (TPSA) is 34.9 Å². The Balaban J connectivity index is 2.85. The number of carbonyl (C=O) groups is 1. The van der Waals surface area contributed by atoms with Gasteiger partial charge in [0.2, 0.25) is 0 Å². The molecule has 0 N–H and O–H groups in total. The molecule has 0 amide bonds. The van der Waals surface area contributed by atoms with Gasteiger partial charge in [0, 0.05) is 6.20 Å². The second-order valence-electron chi connectivity index (χ2n) is 2.29. The van der Waals surface area contributed by atoms with Crippen LogP contribution in [0.5, 0.6) is 0 Å². The van der Waals surface area contributed by atoms with Gasteiger partial charge in [0.05, 0.1) is 5.02 Å². The number of aromatic nitrogens is 2. The Hall–Kier alpha value is -1.04. The third kappa shape index (κ3) is 2.73. The maximum Gasteiger partial charge on any atom is 0.408 e. The first-order valence-corrected chi connectivity index (χ1v) is 3.55. The summed E-state index contributed by atoms with van der Waals surface area (Å²) in [6, 6.07) is 0. The second-order valence-corrected chi connectivity index (χ2v) is 2.70. The van der Waals surface area contributed by atoms with Gasteiger partial charge >= 0.3 is 6.18 Å². The molecule has 13 heavy (non-hydrogen) atoms. The molecule has 3 nitrogen and oxygen atoms in total. The summed E-state index contributed by atoms with van der Waals surface area (Å²) in [6.07, 6.45) is -3.11. The van der Waals surface area contributed by atoms with Crippen LogP contribution in [0, 0.1) is 0 Å². The highest BCUT2D eigenvalue weighted by atomic mass is 35.5. The molecular weight excluding hydrogens is 209 g/mol. The van der Waals surface area contributed by atoms with Crippen LogP contribution in [0.15, 0.2) is 6.20 Å². The number of rotatable bonds is 2. The highest BCUT2D eigenvalue weighted by Crippen LogP contribution is 2.19. The summed E-state index contributed by atoms with van der Waals surface area (Å²) in [5.41, 5.74) is -0.189. The van der Waals surface area contributed by atoms with E-state index in [1.54, 1.807) is 0 Å². The molecule has 7 heteroatoms. The van der Waals surface area contributed by atoms with Crippen molar-refractivity contribution >= 4 is 17.9 Å². The molecule has 0 aliphatic carbocycles. The van der Waals surface area contributed by atoms with E-state index in [9.17, 15) is 18.0 Å². The number of halogens is 4. The Kier molecular flexibility index (Phi) is 2.60. The third-order valence-electron chi connectivity index (χ3n) is 1.20. The summed E-state index contributed by atoms with van der Waals surface area (Å²) < 4.78 is 36.0. The van der Waals surface area contributed by atoms with E-state index in [0.29, 0.717) is 11.0 Å². The zero-order chi connectivity index (χ0) is 10.1. The van der Waals surface area contributed by atoms with E-state index in [4.69, 9.17) is 11.6 Å². The van der Waals surface area contributed by atoms with Gasteiger partial charge in [-0.25, -0.2) is 0 Å². The molecule has 1 heterocycles. The molecule has 1 aromatic heterocycles. The Morgan fingerprint density at radius 1 is 1.62 bits per heavy atom. The Labute approximate surface area is 76.1 Å². The van der Waals surface area contributed by atoms with Crippen LogP contribution < -0.4 is 0 Å². The number of carbonyl (C=O) groups excluding carboxylic acids is 1. The molecule has 0 aromatic carbocycles. The van der Waals surface area contributed by atoms with Gasteiger partial charge in [0.1, 0.15) is 12.2 Å². The van der Waals surface area contributed by atoms with E-state index in [1.165, 1.54) is 0 Å². The average Bonchev–Trinajstić information content (AvgIpc) is 2.26. The van der Waals surface area contributed by atoms with Crippen LogP contribution in [0.4, 0.5) is 13.2 Å². The first-order chi connectivity index (χ1) is 5.92. The Bertz CT molecular complexity index is 320. The first kappa shape index (κ1) is 10.0. The molecule has 0 aliphatic rings. The molecule has 0 saturated heterocycles. The molecule has 1 aromatic rings. The summed E-state index contributed by atoms with van der Waals surface area (Å²) in [7, 11) is 0. The van der Waals surface area contributed by atoms with Crippen LogP contribution in [0.3, 0.4) is 0 Å². The highest BCUT2D eigenvalue weighted by molar-refractivity contribution is 6.32. The highest BCUT2D eigenvalue weighted by Gasteiger charge is 2.28. The van der Waals surface area contributed by atoms with Crippen molar-refractivity contribution in [2.45, 2.75) is 12.7 Å². The van der Waals surface area contributed by atoms with Crippen LogP contribution in [0.1, 0.15) is 10.5 Å². The SMILES string of the molecule is O=Cc1nn(CC(F)(F)F)cc1Cl. The van der Waals surface area contributed by atoms with Crippen molar-refractivity contribution in [2.24, 2.45) is 0 Å². The van der Waals surface area contributed by atoms with Gasteiger partial charge in [-0.05, 0) is 0 Å². The molecule has 0 saturated carbocycles. The predicted molar refractivity (Wildman–Crippen MR) is 38.7 cm³/mol. The average molecular weight is 213 g/mol. The zero-order valence-corrected chi connectivity index (χ0v) is 6.93. The van der Waals surface area contributed by atoms with Crippen molar-refractivity contribution in [3.63, 3.8) is 0 Å². The zero-order valence-electron chi connectivity index (χ0n) is 6.18. The van der Waals surface area contributed by atoms with Crippen LogP contribution in [-0.2, 0) is 6.54 Å². The molecule has 0 bridgehead atoms. The fourth-order valence-electron chi connectivity index (χ4n) is 0.757. The Morgan fingerprint density at radius 3 is 2.62 bits per heavy atom. The van der Waals surface area contributed by atoms with E-state index in [1.807, 2.05) is 0 Å². The van der Waals surface area contributed by atoms with Gasteiger partial charge in [0.15, 0.2) is 6.29 Å². The van der Waals surface area contributed by atoms with Crippen LogP contribution in [-0.4, -0.2) is 22.2 Å². The van der Waals surface area contributed by atoms with Crippen LogP contribution in [0.25, 0.3) is 0 Å². The molecule has 1 rings (SSSR count). The largest absolute Gasteiger partial charge is 0.408 e. The summed E-state index contributed by atoms with van der Waals surface area (Å²) >= 11 is 5.39. The van der Waals surface area contributed by atoms with Gasteiger partial charge in [-0.1, -0.05) is 11.6 Å². The summed E-state index contributed by atoms with van der Waals surface area (Å²) in [5, 5.41) is 3.23. The maximum atomic E-state index is 11.8. The van der Waals surface area contributed by atoms with E-state index in [-0.39, 0.29) is 10.7 Å². The molecule has 0 spiro atoms. The van der Waals surface area contributed by atoms with Crippen molar-refractivity contribution in [3.8, 4) is 0 Å². The minimum atomic E-state index is -4.37. The summed E-state index contributed by atoms with van der Waals surface area (Å²) in [5.74, 6) is 0. The normalized spacial score (nSPS) is 11.7. The van der Waals surface area contributed by atoms with Crippen LogP contribution >= 0.6 is 11.6 Å². The smallest absolute Gasteiger partial charge is 0.296 e. The number of hydrogen-bond donors (Lipinski definition) is 0. The standard InChI is InChI=1S/C6H4ClF3N2O/c7-4-1-12(3-6(8,9)10)11-5(4)2-13/h1-2H,3H2. The molecule has 0 radical (unpaired) electrons. The lowest BCUT2D eigenvalue weighted by Crippen LogP contribution is -2.18. The number of aldehydes is 1. The fourth-order valence-corrected chi connectivity index (χ4v) is 0.952. The first-order valence-electron chi connectivity index (χ1n) is 3.17. The van der Waals surface area contributed by atoms with Crippen molar-refractivity contribution < 1.29 is 18.0 Å². The number of nitrogens with zero attached hydrogens (tertiary/aromatic N) is 2. The second kappa shape index (κ2) is 3.37. The number of alkyl halides is 3. The molecule has 0 fully saturated rings. The lowest BCUT2D eigenvalue weighted by molar-refractivity contribution is -0.142. The van der Waals surface area contributed by atoms with Crippen LogP contribution in [0.2, 0.25) is 5.02 Å².